The van der Waals surface area contributed by atoms with Gasteiger partial charge in [0.1, 0.15) is 5.37 Å². The van der Waals surface area contributed by atoms with Crippen LogP contribution in [-0.4, -0.2) is 23.1 Å². The predicted octanol–water partition coefficient (Wildman–Crippen LogP) is 4.54. The summed E-state index contributed by atoms with van der Waals surface area (Å²) in [5.74, 6) is 1.04. The standard InChI is InChI=1S/C17H16ClNOS/c1-12-5-7-13(8-6-12)16(20)19-9-10-21-17(19)14-3-2-4-15(18)11-14/h2-8,11,17H,9-10H2,1H3. The van der Waals surface area contributed by atoms with Crippen LogP contribution in [0.15, 0.2) is 48.5 Å². The Hall–Kier alpha value is -1.45. The van der Waals surface area contributed by atoms with Gasteiger partial charge in [-0.2, -0.15) is 0 Å². The Morgan fingerprint density at radius 2 is 2.00 bits per heavy atom. The lowest BCUT2D eigenvalue weighted by atomic mass is 10.1. The molecule has 1 saturated heterocycles. The molecule has 1 aliphatic rings. The Morgan fingerprint density at radius 3 is 2.71 bits per heavy atom. The molecule has 1 atom stereocenters. The zero-order valence-electron chi connectivity index (χ0n) is 11.8. The Balaban J connectivity index is 1.87. The fourth-order valence-electron chi connectivity index (χ4n) is 2.48. The molecular weight excluding hydrogens is 302 g/mol. The molecule has 3 rings (SSSR count). The first-order valence-corrected chi connectivity index (χ1v) is 8.32. The van der Waals surface area contributed by atoms with Gasteiger partial charge in [0, 0.05) is 22.9 Å². The van der Waals surface area contributed by atoms with Crippen LogP contribution in [0.3, 0.4) is 0 Å². The van der Waals surface area contributed by atoms with E-state index in [9.17, 15) is 4.79 Å². The van der Waals surface area contributed by atoms with Gasteiger partial charge in [0.2, 0.25) is 0 Å². The third-order valence-corrected chi connectivity index (χ3v) is 5.08. The summed E-state index contributed by atoms with van der Waals surface area (Å²) in [4.78, 5) is 14.6. The number of halogens is 1. The van der Waals surface area contributed by atoms with Crippen LogP contribution < -0.4 is 0 Å². The molecule has 1 amide bonds. The Labute approximate surface area is 134 Å². The minimum absolute atomic E-state index is 0.0532. The minimum Gasteiger partial charge on any atom is -0.322 e. The van der Waals surface area contributed by atoms with E-state index in [4.69, 9.17) is 11.6 Å². The van der Waals surface area contributed by atoms with E-state index in [0.717, 1.165) is 29.0 Å². The summed E-state index contributed by atoms with van der Waals surface area (Å²) in [5.41, 5.74) is 2.99. The van der Waals surface area contributed by atoms with Crippen molar-refractivity contribution in [2.24, 2.45) is 0 Å². The van der Waals surface area contributed by atoms with Crippen LogP contribution in [0.2, 0.25) is 5.02 Å². The minimum atomic E-state index is 0.0532. The van der Waals surface area contributed by atoms with Gasteiger partial charge in [-0.3, -0.25) is 4.79 Å². The first kappa shape index (κ1) is 14.5. The summed E-state index contributed by atoms with van der Waals surface area (Å²) in [6.45, 7) is 2.79. The van der Waals surface area contributed by atoms with E-state index >= 15 is 0 Å². The summed E-state index contributed by atoms with van der Waals surface area (Å²) >= 11 is 7.86. The number of hydrogen-bond acceptors (Lipinski definition) is 2. The van der Waals surface area contributed by atoms with Crippen molar-refractivity contribution in [2.75, 3.05) is 12.3 Å². The van der Waals surface area contributed by atoms with Crippen molar-refractivity contribution < 1.29 is 4.79 Å². The second-order valence-corrected chi connectivity index (χ2v) is 6.77. The lowest BCUT2D eigenvalue weighted by Crippen LogP contribution is -2.30. The van der Waals surface area contributed by atoms with Crippen LogP contribution in [0.4, 0.5) is 0 Å². The highest BCUT2D eigenvalue weighted by Gasteiger charge is 2.31. The lowest BCUT2D eigenvalue weighted by Gasteiger charge is -2.24. The third-order valence-electron chi connectivity index (χ3n) is 3.58. The molecule has 108 valence electrons. The van der Waals surface area contributed by atoms with Gasteiger partial charge in [-0.05, 0) is 36.8 Å². The summed E-state index contributed by atoms with van der Waals surface area (Å²) < 4.78 is 0. The van der Waals surface area contributed by atoms with Crippen molar-refractivity contribution in [3.05, 3.63) is 70.2 Å². The SMILES string of the molecule is Cc1ccc(C(=O)N2CCSC2c2cccc(Cl)c2)cc1. The molecule has 21 heavy (non-hydrogen) atoms. The second-order valence-electron chi connectivity index (χ2n) is 5.14. The molecule has 0 radical (unpaired) electrons. The number of amides is 1. The van der Waals surface area contributed by atoms with Gasteiger partial charge < -0.3 is 4.90 Å². The van der Waals surface area contributed by atoms with Crippen LogP contribution in [0.1, 0.15) is 26.9 Å². The van der Waals surface area contributed by atoms with E-state index < -0.39 is 0 Å². The monoisotopic (exact) mass is 317 g/mol. The number of benzene rings is 2. The first-order chi connectivity index (χ1) is 10.1. The molecule has 1 aliphatic heterocycles. The fraction of sp³-hybridized carbons (Fsp3) is 0.235. The topological polar surface area (TPSA) is 20.3 Å². The van der Waals surface area contributed by atoms with E-state index in [-0.39, 0.29) is 11.3 Å². The summed E-state index contributed by atoms with van der Waals surface area (Å²) in [6, 6.07) is 15.5. The van der Waals surface area contributed by atoms with E-state index in [1.165, 1.54) is 0 Å². The molecule has 0 bridgehead atoms. The fourth-order valence-corrected chi connectivity index (χ4v) is 3.92. The quantitative estimate of drug-likeness (QED) is 0.810. The highest BCUT2D eigenvalue weighted by molar-refractivity contribution is 7.99. The number of carbonyl (C=O) groups is 1. The average molecular weight is 318 g/mol. The van der Waals surface area contributed by atoms with Crippen LogP contribution in [-0.2, 0) is 0 Å². The molecule has 4 heteroatoms. The lowest BCUT2D eigenvalue weighted by molar-refractivity contribution is 0.0760. The largest absolute Gasteiger partial charge is 0.322 e. The zero-order chi connectivity index (χ0) is 14.8. The number of rotatable bonds is 2. The van der Waals surface area contributed by atoms with Crippen molar-refractivity contribution in [2.45, 2.75) is 12.3 Å². The van der Waals surface area contributed by atoms with Gasteiger partial charge in [-0.15, -0.1) is 11.8 Å². The molecule has 1 heterocycles. The molecule has 0 N–H and O–H groups in total. The number of carbonyl (C=O) groups excluding carboxylic acids is 1. The third kappa shape index (κ3) is 3.09. The van der Waals surface area contributed by atoms with E-state index in [1.807, 2.05) is 60.4 Å². The van der Waals surface area contributed by atoms with Crippen molar-refractivity contribution in [3.63, 3.8) is 0 Å². The smallest absolute Gasteiger partial charge is 0.255 e. The van der Waals surface area contributed by atoms with Gasteiger partial charge in [-0.25, -0.2) is 0 Å². The summed E-state index contributed by atoms with van der Waals surface area (Å²) in [5, 5.41) is 0.764. The maximum Gasteiger partial charge on any atom is 0.255 e. The second kappa shape index (κ2) is 6.12. The van der Waals surface area contributed by atoms with Crippen molar-refractivity contribution >= 4 is 29.3 Å². The van der Waals surface area contributed by atoms with Gasteiger partial charge in [0.05, 0.1) is 0 Å². The highest BCUT2D eigenvalue weighted by Crippen LogP contribution is 2.39. The van der Waals surface area contributed by atoms with Crippen molar-refractivity contribution in [1.29, 1.82) is 0 Å². The molecule has 0 aromatic heterocycles. The molecule has 2 aromatic rings. The van der Waals surface area contributed by atoms with Gasteiger partial charge >= 0.3 is 0 Å². The zero-order valence-corrected chi connectivity index (χ0v) is 13.3. The molecule has 0 spiro atoms. The maximum atomic E-state index is 12.7. The van der Waals surface area contributed by atoms with E-state index in [0.29, 0.717) is 5.02 Å². The number of hydrogen-bond donors (Lipinski definition) is 0. The average Bonchev–Trinajstić information content (AvgIpc) is 2.97. The molecule has 1 fully saturated rings. The molecule has 2 nitrogen and oxygen atoms in total. The van der Waals surface area contributed by atoms with Gasteiger partial charge in [0.25, 0.3) is 5.91 Å². The van der Waals surface area contributed by atoms with E-state index in [2.05, 4.69) is 0 Å². The number of nitrogens with zero attached hydrogens (tertiary/aromatic N) is 1. The molecule has 0 aliphatic carbocycles. The molecule has 2 aromatic carbocycles. The van der Waals surface area contributed by atoms with Gasteiger partial charge in [-0.1, -0.05) is 41.4 Å². The van der Waals surface area contributed by atoms with Crippen LogP contribution in [0, 0.1) is 6.92 Å². The normalized spacial score (nSPS) is 18.0. The number of thioether (sulfide) groups is 1. The number of aryl methyl sites for hydroxylation is 1. The van der Waals surface area contributed by atoms with Crippen LogP contribution in [0.25, 0.3) is 0 Å². The van der Waals surface area contributed by atoms with Crippen molar-refractivity contribution in [3.8, 4) is 0 Å². The summed E-state index contributed by atoms with van der Waals surface area (Å²) in [6.07, 6.45) is 0. The Bertz CT molecular complexity index is 656. The Morgan fingerprint density at radius 1 is 1.24 bits per heavy atom. The molecule has 0 saturated carbocycles. The van der Waals surface area contributed by atoms with Gasteiger partial charge in [0.15, 0.2) is 0 Å². The van der Waals surface area contributed by atoms with Crippen molar-refractivity contribution in [1.82, 2.24) is 4.90 Å². The van der Waals surface area contributed by atoms with E-state index in [1.54, 1.807) is 11.8 Å². The molecule has 1 unspecified atom stereocenters. The molecular formula is C17H16ClNOS. The summed E-state index contributed by atoms with van der Waals surface area (Å²) in [7, 11) is 0. The van der Waals surface area contributed by atoms with Crippen LogP contribution in [0.5, 0.6) is 0 Å². The first-order valence-electron chi connectivity index (χ1n) is 6.90. The van der Waals surface area contributed by atoms with Crippen LogP contribution >= 0.6 is 23.4 Å². The predicted molar refractivity (Wildman–Crippen MR) is 88.9 cm³/mol. The Kier molecular flexibility index (Phi) is 4.22. The highest BCUT2D eigenvalue weighted by atomic mass is 35.5. The maximum absolute atomic E-state index is 12.7.